The van der Waals surface area contributed by atoms with Crippen LogP contribution in [-0.2, 0) is 4.79 Å². The fourth-order valence-corrected chi connectivity index (χ4v) is 2.99. The molecule has 0 aliphatic heterocycles. The lowest BCUT2D eigenvalue weighted by Gasteiger charge is -2.13. The average molecular weight is 300 g/mol. The zero-order chi connectivity index (χ0) is 15.7. The number of para-hydroxylation sites is 1. The van der Waals surface area contributed by atoms with Gasteiger partial charge in [-0.05, 0) is 25.3 Å². The van der Waals surface area contributed by atoms with E-state index in [0.717, 1.165) is 0 Å². The smallest absolute Gasteiger partial charge is 0.306 e. The van der Waals surface area contributed by atoms with Crippen LogP contribution in [0.2, 0.25) is 0 Å². The fourth-order valence-electron chi connectivity index (χ4n) is 2.99. The van der Waals surface area contributed by atoms with Gasteiger partial charge in [-0.25, -0.2) is 0 Å². The van der Waals surface area contributed by atoms with Crippen LogP contribution in [0.15, 0.2) is 35.1 Å². The minimum atomic E-state index is -0.821. The van der Waals surface area contributed by atoms with Crippen molar-refractivity contribution in [3.63, 3.8) is 0 Å². The third kappa shape index (κ3) is 2.72. The Kier molecular flexibility index (Phi) is 3.66. The van der Waals surface area contributed by atoms with Crippen molar-refractivity contribution >= 4 is 22.8 Å². The van der Waals surface area contributed by atoms with Crippen molar-refractivity contribution in [1.29, 1.82) is 0 Å². The number of aliphatic carboxylic acids is 1. The third-order valence-electron chi connectivity index (χ3n) is 4.11. The van der Waals surface area contributed by atoms with Crippen molar-refractivity contribution in [2.24, 2.45) is 5.92 Å². The largest absolute Gasteiger partial charge is 0.481 e. The zero-order valence-corrected chi connectivity index (χ0v) is 11.8. The molecule has 1 aromatic heterocycles. The van der Waals surface area contributed by atoms with Gasteiger partial charge in [-0.3, -0.25) is 14.4 Å². The van der Waals surface area contributed by atoms with E-state index >= 15 is 0 Å². The van der Waals surface area contributed by atoms with Crippen molar-refractivity contribution in [1.82, 2.24) is 10.3 Å². The highest BCUT2D eigenvalue weighted by Crippen LogP contribution is 2.26. The first-order valence-corrected chi connectivity index (χ1v) is 7.20. The number of pyridine rings is 1. The van der Waals surface area contributed by atoms with E-state index < -0.39 is 11.9 Å². The molecule has 1 aromatic carbocycles. The molecule has 3 rings (SSSR count). The quantitative estimate of drug-likeness (QED) is 0.800. The number of hydrogen-bond acceptors (Lipinski definition) is 3. The Balaban J connectivity index is 1.84. The molecule has 114 valence electrons. The second-order valence-electron chi connectivity index (χ2n) is 5.61. The standard InChI is InChI=1S/C16H16N2O4/c19-14-8-12(11-3-1-2-4-13(11)18-14)15(20)17-10-6-5-9(7-10)16(21)22/h1-4,8-10H,5-7H2,(H,17,20)(H,18,19)(H,21,22)/t9-,10+/m1/s1. The first kappa shape index (κ1) is 14.3. The van der Waals surface area contributed by atoms with E-state index in [-0.39, 0.29) is 17.5 Å². The summed E-state index contributed by atoms with van der Waals surface area (Å²) in [4.78, 5) is 37.8. The highest BCUT2D eigenvalue weighted by molar-refractivity contribution is 6.06. The van der Waals surface area contributed by atoms with Gasteiger partial charge in [-0.1, -0.05) is 18.2 Å². The summed E-state index contributed by atoms with van der Waals surface area (Å²) in [6, 6.07) is 8.22. The van der Waals surface area contributed by atoms with E-state index in [0.29, 0.717) is 35.7 Å². The summed E-state index contributed by atoms with van der Waals surface area (Å²) in [5.41, 5.74) is 0.590. The van der Waals surface area contributed by atoms with Gasteiger partial charge in [0.2, 0.25) is 5.56 Å². The average Bonchev–Trinajstić information content (AvgIpc) is 2.95. The number of fused-ring (bicyclic) bond motifs is 1. The second-order valence-corrected chi connectivity index (χ2v) is 5.61. The minimum Gasteiger partial charge on any atom is -0.481 e. The van der Waals surface area contributed by atoms with Gasteiger partial charge in [-0.2, -0.15) is 0 Å². The summed E-state index contributed by atoms with van der Waals surface area (Å²) >= 11 is 0. The van der Waals surface area contributed by atoms with E-state index in [2.05, 4.69) is 10.3 Å². The molecule has 0 bridgehead atoms. The van der Waals surface area contributed by atoms with Crippen LogP contribution >= 0.6 is 0 Å². The highest BCUT2D eigenvalue weighted by Gasteiger charge is 2.30. The number of carbonyl (C=O) groups excluding carboxylic acids is 1. The number of nitrogens with one attached hydrogen (secondary N) is 2. The molecule has 2 atom stereocenters. The lowest BCUT2D eigenvalue weighted by molar-refractivity contribution is -0.141. The monoisotopic (exact) mass is 300 g/mol. The van der Waals surface area contributed by atoms with Crippen molar-refractivity contribution in [3.8, 4) is 0 Å². The summed E-state index contributed by atoms with van der Waals surface area (Å²) in [7, 11) is 0. The topological polar surface area (TPSA) is 99.3 Å². The van der Waals surface area contributed by atoms with Gasteiger partial charge in [0.25, 0.3) is 5.91 Å². The predicted octanol–water partition coefficient (Wildman–Crippen LogP) is 1.51. The van der Waals surface area contributed by atoms with E-state index in [9.17, 15) is 14.4 Å². The van der Waals surface area contributed by atoms with Crippen LogP contribution in [0.5, 0.6) is 0 Å². The molecule has 6 heteroatoms. The van der Waals surface area contributed by atoms with Crippen molar-refractivity contribution < 1.29 is 14.7 Å². The number of aromatic nitrogens is 1. The highest BCUT2D eigenvalue weighted by atomic mass is 16.4. The maximum absolute atomic E-state index is 12.4. The molecule has 1 saturated carbocycles. The maximum Gasteiger partial charge on any atom is 0.306 e. The van der Waals surface area contributed by atoms with Crippen LogP contribution in [0.1, 0.15) is 29.6 Å². The van der Waals surface area contributed by atoms with E-state index in [4.69, 9.17) is 5.11 Å². The number of H-pyrrole nitrogens is 1. The van der Waals surface area contributed by atoms with E-state index in [1.54, 1.807) is 24.3 Å². The Morgan fingerprint density at radius 3 is 2.73 bits per heavy atom. The molecule has 0 spiro atoms. The summed E-state index contributed by atoms with van der Waals surface area (Å²) in [6.45, 7) is 0. The summed E-state index contributed by atoms with van der Waals surface area (Å²) < 4.78 is 0. The van der Waals surface area contributed by atoms with Gasteiger partial charge in [0, 0.05) is 23.0 Å². The molecule has 0 saturated heterocycles. The predicted molar refractivity (Wildman–Crippen MR) is 80.8 cm³/mol. The molecule has 2 aromatic rings. The normalized spacial score (nSPS) is 20.9. The maximum atomic E-state index is 12.4. The van der Waals surface area contributed by atoms with Crippen LogP contribution in [0.3, 0.4) is 0 Å². The van der Waals surface area contributed by atoms with Crippen molar-refractivity contribution in [3.05, 3.63) is 46.2 Å². The molecule has 1 aliphatic carbocycles. The lowest BCUT2D eigenvalue weighted by atomic mass is 10.1. The first-order chi connectivity index (χ1) is 10.5. The number of carboxylic acids is 1. The van der Waals surface area contributed by atoms with Crippen LogP contribution < -0.4 is 10.9 Å². The van der Waals surface area contributed by atoms with Crippen LogP contribution in [0.4, 0.5) is 0 Å². The molecule has 0 radical (unpaired) electrons. The number of carboxylic acid groups (broad SMARTS) is 1. The molecule has 0 unspecified atom stereocenters. The van der Waals surface area contributed by atoms with Gasteiger partial charge in [0.15, 0.2) is 0 Å². The van der Waals surface area contributed by atoms with Crippen LogP contribution in [0.25, 0.3) is 10.9 Å². The van der Waals surface area contributed by atoms with E-state index in [1.807, 2.05) is 0 Å². The number of carbonyl (C=O) groups is 2. The van der Waals surface area contributed by atoms with Gasteiger partial charge in [0.05, 0.1) is 11.5 Å². The van der Waals surface area contributed by atoms with E-state index in [1.165, 1.54) is 6.07 Å². The molecule has 1 fully saturated rings. The third-order valence-corrected chi connectivity index (χ3v) is 4.11. The number of hydrogen-bond donors (Lipinski definition) is 3. The van der Waals surface area contributed by atoms with Crippen LogP contribution in [-0.4, -0.2) is 28.0 Å². The van der Waals surface area contributed by atoms with Crippen molar-refractivity contribution in [2.75, 3.05) is 0 Å². The molecule has 1 aliphatic rings. The minimum absolute atomic E-state index is 0.161. The number of benzene rings is 1. The molecule has 1 amide bonds. The molecule has 1 heterocycles. The van der Waals surface area contributed by atoms with Gasteiger partial charge >= 0.3 is 5.97 Å². The molecule has 3 N–H and O–H groups in total. The summed E-state index contributed by atoms with van der Waals surface area (Å²) in [5.74, 6) is -1.56. The van der Waals surface area contributed by atoms with Gasteiger partial charge in [-0.15, -0.1) is 0 Å². The Morgan fingerprint density at radius 1 is 1.23 bits per heavy atom. The summed E-state index contributed by atoms with van der Waals surface area (Å²) in [6.07, 6.45) is 1.64. The first-order valence-electron chi connectivity index (χ1n) is 7.20. The number of amides is 1. The zero-order valence-electron chi connectivity index (χ0n) is 11.8. The molecular formula is C16H16N2O4. The van der Waals surface area contributed by atoms with Crippen LogP contribution in [0, 0.1) is 5.92 Å². The molecule has 22 heavy (non-hydrogen) atoms. The number of rotatable bonds is 3. The Labute approximate surface area is 126 Å². The fraction of sp³-hybridized carbons (Fsp3) is 0.312. The van der Waals surface area contributed by atoms with Crippen molar-refractivity contribution in [2.45, 2.75) is 25.3 Å². The lowest BCUT2D eigenvalue weighted by Crippen LogP contribution is -2.34. The second kappa shape index (κ2) is 5.63. The SMILES string of the molecule is O=C(N[C@H]1CC[C@@H](C(=O)O)C1)c1cc(=O)[nH]c2ccccc12. The molecular weight excluding hydrogens is 284 g/mol. The molecule has 6 nitrogen and oxygen atoms in total. The number of aromatic amines is 1. The Hall–Kier alpha value is -2.63. The summed E-state index contributed by atoms with van der Waals surface area (Å²) in [5, 5.41) is 12.5. The Bertz CT molecular complexity index is 796. The Morgan fingerprint density at radius 2 is 2.00 bits per heavy atom. The van der Waals surface area contributed by atoms with Gasteiger partial charge in [0.1, 0.15) is 0 Å². The van der Waals surface area contributed by atoms with Gasteiger partial charge < -0.3 is 15.4 Å².